The molecule has 0 aliphatic carbocycles. The number of ether oxygens (including phenoxy) is 1. The normalized spacial score (nSPS) is 10.5. The van der Waals surface area contributed by atoms with Crippen molar-refractivity contribution in [3.8, 4) is 22.3 Å². The molecule has 0 atom stereocenters. The second kappa shape index (κ2) is 7.65. The summed E-state index contributed by atoms with van der Waals surface area (Å²) in [5, 5.41) is 0.168. The Balaban J connectivity index is 2.14. The molecule has 2 aromatic carbocycles. The van der Waals surface area contributed by atoms with E-state index in [2.05, 4.69) is 4.85 Å². The van der Waals surface area contributed by atoms with Gasteiger partial charge in [-0.1, -0.05) is 54.1 Å². The van der Waals surface area contributed by atoms with Crippen LogP contribution in [0.5, 0.6) is 0 Å². The van der Waals surface area contributed by atoms with Crippen LogP contribution < -0.4 is 0 Å². The van der Waals surface area contributed by atoms with Gasteiger partial charge in [0.15, 0.2) is 0 Å². The largest absolute Gasteiger partial charge is 0.461 e. The molecule has 1 heterocycles. The maximum absolute atomic E-state index is 14.0. The fraction of sp³-hybridized carbons (Fsp3) is 0.143. The standard InChI is InChI=1S/C21H16ClFN2O2/c1-4-27-21(26)19-17(18(24-2)20(22)25(19)3)14-11-9-13(10-12-14)15-7-5-6-8-16(15)23/h5-12H,4H2,1,3H3. The second-order valence-corrected chi connectivity index (χ2v) is 6.17. The van der Waals surface area contributed by atoms with Crippen molar-refractivity contribution >= 4 is 23.3 Å². The van der Waals surface area contributed by atoms with Gasteiger partial charge in [-0.3, -0.25) is 0 Å². The molecule has 0 bridgehead atoms. The Kier molecular flexibility index (Phi) is 5.29. The lowest BCUT2D eigenvalue weighted by molar-refractivity contribution is 0.0516. The summed E-state index contributed by atoms with van der Waals surface area (Å²) < 4.78 is 20.6. The number of hydrogen-bond donors (Lipinski definition) is 0. The van der Waals surface area contributed by atoms with Gasteiger partial charge < -0.3 is 9.30 Å². The van der Waals surface area contributed by atoms with Crippen LogP contribution in [0.4, 0.5) is 10.1 Å². The number of rotatable bonds is 4. The van der Waals surface area contributed by atoms with Crippen LogP contribution in [0.15, 0.2) is 48.5 Å². The van der Waals surface area contributed by atoms with Crippen LogP contribution >= 0.6 is 11.6 Å². The predicted molar refractivity (Wildman–Crippen MR) is 103 cm³/mol. The number of aromatic nitrogens is 1. The van der Waals surface area contributed by atoms with E-state index in [9.17, 15) is 9.18 Å². The third-order valence-corrected chi connectivity index (χ3v) is 4.67. The van der Waals surface area contributed by atoms with E-state index in [0.29, 0.717) is 22.3 Å². The zero-order chi connectivity index (χ0) is 19.6. The van der Waals surface area contributed by atoms with Crippen LogP contribution in [0.2, 0.25) is 5.15 Å². The van der Waals surface area contributed by atoms with Crippen molar-refractivity contribution in [3.05, 3.63) is 76.6 Å². The Bertz CT molecular complexity index is 1050. The van der Waals surface area contributed by atoms with Gasteiger partial charge in [0.2, 0.25) is 5.69 Å². The van der Waals surface area contributed by atoms with E-state index >= 15 is 0 Å². The molecule has 1 aromatic heterocycles. The number of benzene rings is 2. The Morgan fingerprint density at radius 3 is 2.41 bits per heavy atom. The number of hydrogen-bond acceptors (Lipinski definition) is 2. The van der Waals surface area contributed by atoms with E-state index in [1.54, 1.807) is 56.4 Å². The lowest BCUT2D eigenvalue weighted by Gasteiger charge is -2.09. The van der Waals surface area contributed by atoms with E-state index < -0.39 is 5.97 Å². The van der Waals surface area contributed by atoms with Gasteiger partial charge in [0.1, 0.15) is 16.7 Å². The third kappa shape index (κ3) is 3.32. The van der Waals surface area contributed by atoms with E-state index in [1.165, 1.54) is 10.6 Å². The number of nitrogens with zero attached hydrogens (tertiary/aromatic N) is 2. The van der Waals surface area contributed by atoms with Crippen molar-refractivity contribution in [1.29, 1.82) is 0 Å². The minimum Gasteiger partial charge on any atom is -0.461 e. The van der Waals surface area contributed by atoms with Crippen molar-refractivity contribution in [2.45, 2.75) is 6.92 Å². The zero-order valence-corrected chi connectivity index (χ0v) is 15.5. The molecule has 3 rings (SSSR count). The monoisotopic (exact) mass is 382 g/mol. The third-order valence-electron chi connectivity index (χ3n) is 4.24. The molecule has 0 unspecified atom stereocenters. The maximum Gasteiger partial charge on any atom is 0.354 e. The minimum absolute atomic E-state index is 0.168. The first-order valence-electron chi connectivity index (χ1n) is 8.27. The molecule has 0 fully saturated rings. The highest BCUT2D eigenvalue weighted by molar-refractivity contribution is 6.34. The van der Waals surface area contributed by atoms with Gasteiger partial charge in [-0.15, -0.1) is 0 Å². The average molecular weight is 383 g/mol. The summed E-state index contributed by atoms with van der Waals surface area (Å²) in [7, 11) is 1.61. The molecule has 0 saturated heterocycles. The van der Waals surface area contributed by atoms with E-state index in [4.69, 9.17) is 22.9 Å². The van der Waals surface area contributed by atoms with Crippen LogP contribution in [0.3, 0.4) is 0 Å². The lowest BCUT2D eigenvalue weighted by atomic mass is 9.99. The summed E-state index contributed by atoms with van der Waals surface area (Å²) in [5.41, 5.74) is 2.61. The number of halogens is 2. The first kappa shape index (κ1) is 18.7. The van der Waals surface area contributed by atoms with Gasteiger partial charge in [-0.2, -0.15) is 0 Å². The van der Waals surface area contributed by atoms with E-state index in [-0.39, 0.29) is 29.0 Å². The molecule has 4 nitrogen and oxygen atoms in total. The highest BCUT2D eigenvalue weighted by Crippen LogP contribution is 2.42. The zero-order valence-electron chi connectivity index (χ0n) is 14.8. The molecule has 0 amide bonds. The fourth-order valence-corrected chi connectivity index (χ4v) is 3.19. The van der Waals surface area contributed by atoms with Gasteiger partial charge in [-0.25, -0.2) is 14.0 Å². The molecule has 0 saturated carbocycles. The second-order valence-electron chi connectivity index (χ2n) is 5.81. The summed E-state index contributed by atoms with van der Waals surface area (Å²) >= 11 is 6.25. The minimum atomic E-state index is -0.551. The van der Waals surface area contributed by atoms with Gasteiger partial charge in [0.25, 0.3) is 0 Å². The van der Waals surface area contributed by atoms with Crippen LogP contribution in [0.25, 0.3) is 27.1 Å². The molecule has 0 aliphatic rings. The Hall–Kier alpha value is -3.10. The van der Waals surface area contributed by atoms with Crippen LogP contribution in [0, 0.1) is 12.4 Å². The molecule has 0 radical (unpaired) electrons. The lowest BCUT2D eigenvalue weighted by Crippen LogP contribution is -2.11. The molecule has 27 heavy (non-hydrogen) atoms. The number of esters is 1. The van der Waals surface area contributed by atoms with E-state index in [1.807, 2.05) is 0 Å². The molecule has 0 spiro atoms. The first-order valence-corrected chi connectivity index (χ1v) is 8.65. The molecule has 0 N–H and O–H groups in total. The molecular weight excluding hydrogens is 367 g/mol. The summed E-state index contributed by atoms with van der Waals surface area (Å²) in [6.45, 7) is 9.38. The molecule has 3 aromatic rings. The highest BCUT2D eigenvalue weighted by Gasteiger charge is 2.26. The molecular formula is C21H16ClFN2O2. The Morgan fingerprint density at radius 1 is 1.19 bits per heavy atom. The summed E-state index contributed by atoms with van der Waals surface area (Å²) in [4.78, 5) is 15.9. The fourth-order valence-electron chi connectivity index (χ4n) is 2.97. The van der Waals surface area contributed by atoms with Crippen molar-refractivity contribution in [2.75, 3.05) is 6.61 Å². The van der Waals surface area contributed by atoms with Gasteiger partial charge >= 0.3 is 5.97 Å². The Morgan fingerprint density at radius 2 is 1.81 bits per heavy atom. The van der Waals surface area contributed by atoms with Crippen LogP contribution in [-0.2, 0) is 11.8 Å². The highest BCUT2D eigenvalue weighted by atomic mass is 35.5. The summed E-state index contributed by atoms with van der Waals surface area (Å²) in [5.74, 6) is -0.868. The maximum atomic E-state index is 14.0. The van der Waals surface area contributed by atoms with Crippen molar-refractivity contribution in [1.82, 2.24) is 4.57 Å². The smallest absolute Gasteiger partial charge is 0.354 e. The van der Waals surface area contributed by atoms with Crippen LogP contribution in [0.1, 0.15) is 17.4 Å². The van der Waals surface area contributed by atoms with Gasteiger partial charge in [0.05, 0.1) is 13.2 Å². The Labute approximate surface area is 161 Å². The van der Waals surface area contributed by atoms with Crippen molar-refractivity contribution < 1.29 is 13.9 Å². The van der Waals surface area contributed by atoms with Crippen LogP contribution in [-0.4, -0.2) is 17.1 Å². The topological polar surface area (TPSA) is 35.6 Å². The first-order chi connectivity index (χ1) is 13.0. The molecule has 0 aliphatic heterocycles. The van der Waals surface area contributed by atoms with Gasteiger partial charge in [0, 0.05) is 18.2 Å². The summed E-state index contributed by atoms with van der Waals surface area (Å²) in [6.07, 6.45) is 0. The average Bonchev–Trinajstić information content (AvgIpc) is 2.93. The van der Waals surface area contributed by atoms with E-state index in [0.717, 1.165) is 0 Å². The van der Waals surface area contributed by atoms with Crippen molar-refractivity contribution in [2.24, 2.45) is 7.05 Å². The number of carbonyl (C=O) groups excluding carboxylic acids is 1. The summed E-state index contributed by atoms with van der Waals surface area (Å²) in [6, 6.07) is 13.5. The quantitative estimate of drug-likeness (QED) is 0.417. The predicted octanol–water partition coefficient (Wildman–Crippen LogP) is 5.88. The van der Waals surface area contributed by atoms with Crippen molar-refractivity contribution in [3.63, 3.8) is 0 Å². The SMILES string of the molecule is [C-]#[N+]c1c(-c2ccc(-c3ccccc3F)cc2)c(C(=O)OCC)n(C)c1Cl. The molecule has 6 heteroatoms. The van der Waals surface area contributed by atoms with Gasteiger partial charge in [-0.05, 0) is 24.1 Å². The molecule has 136 valence electrons. The number of carbonyl (C=O) groups is 1.